The summed E-state index contributed by atoms with van der Waals surface area (Å²) >= 11 is 0. The summed E-state index contributed by atoms with van der Waals surface area (Å²) in [6.07, 6.45) is 11.4. The van der Waals surface area contributed by atoms with Gasteiger partial charge in [-0.1, -0.05) is 30.8 Å². The Bertz CT molecular complexity index is 458. The van der Waals surface area contributed by atoms with Crippen LogP contribution in [0.4, 0.5) is 0 Å². The van der Waals surface area contributed by atoms with Gasteiger partial charge in [-0.15, -0.1) is 0 Å². The van der Waals surface area contributed by atoms with Crippen molar-refractivity contribution in [1.82, 2.24) is 10.1 Å². The molecule has 0 radical (unpaired) electrons. The molecule has 1 aromatic rings. The Morgan fingerprint density at radius 2 is 1.67 bits per heavy atom. The molecule has 1 aromatic heterocycles. The zero-order chi connectivity index (χ0) is 14.8. The number of nitrogens with two attached hydrogens (primary N) is 1. The Morgan fingerprint density at radius 1 is 1.05 bits per heavy atom. The highest BCUT2D eigenvalue weighted by molar-refractivity contribution is 5.11. The second kappa shape index (κ2) is 6.05. The van der Waals surface area contributed by atoms with E-state index in [2.05, 4.69) is 5.16 Å². The topological polar surface area (TPSA) is 74.2 Å². The van der Waals surface area contributed by atoms with Gasteiger partial charge in [0.05, 0.1) is 5.41 Å². The van der Waals surface area contributed by atoms with E-state index in [0.29, 0.717) is 6.54 Å². The standard InChI is InChI=1S/C16H27N3O2/c1-20-16(10-6-7-11-16)13-18-14(21-19-13)15(12-17)8-4-2-3-5-9-15/h2-12,17H2,1H3. The molecule has 0 spiro atoms. The van der Waals surface area contributed by atoms with Crippen LogP contribution in [0.25, 0.3) is 0 Å². The molecule has 2 saturated carbocycles. The van der Waals surface area contributed by atoms with Crippen LogP contribution in [0.1, 0.15) is 75.9 Å². The van der Waals surface area contributed by atoms with Crippen molar-refractivity contribution in [3.63, 3.8) is 0 Å². The van der Waals surface area contributed by atoms with E-state index in [4.69, 9.17) is 20.0 Å². The summed E-state index contributed by atoms with van der Waals surface area (Å²) in [6.45, 7) is 0.592. The number of hydrogen-bond donors (Lipinski definition) is 1. The van der Waals surface area contributed by atoms with E-state index in [1.165, 1.54) is 38.5 Å². The molecule has 0 unspecified atom stereocenters. The first-order valence-electron chi connectivity index (χ1n) is 8.35. The fourth-order valence-electron chi connectivity index (χ4n) is 4.00. The van der Waals surface area contributed by atoms with Gasteiger partial charge in [0, 0.05) is 13.7 Å². The first kappa shape index (κ1) is 15.0. The van der Waals surface area contributed by atoms with Gasteiger partial charge in [-0.05, 0) is 38.5 Å². The van der Waals surface area contributed by atoms with E-state index in [-0.39, 0.29) is 11.0 Å². The average molecular weight is 293 g/mol. The number of hydrogen-bond acceptors (Lipinski definition) is 5. The Kier molecular flexibility index (Phi) is 4.31. The molecule has 3 rings (SSSR count). The van der Waals surface area contributed by atoms with Gasteiger partial charge in [-0.3, -0.25) is 0 Å². The van der Waals surface area contributed by atoms with E-state index < -0.39 is 0 Å². The van der Waals surface area contributed by atoms with Gasteiger partial charge in [-0.25, -0.2) is 0 Å². The van der Waals surface area contributed by atoms with Crippen LogP contribution in [0.5, 0.6) is 0 Å². The lowest BCUT2D eigenvalue weighted by Gasteiger charge is -2.27. The molecule has 0 aliphatic heterocycles. The molecule has 21 heavy (non-hydrogen) atoms. The largest absolute Gasteiger partial charge is 0.370 e. The van der Waals surface area contributed by atoms with Crippen LogP contribution in [0.2, 0.25) is 0 Å². The van der Waals surface area contributed by atoms with Crippen LogP contribution < -0.4 is 5.73 Å². The van der Waals surface area contributed by atoms with Crippen molar-refractivity contribution in [2.24, 2.45) is 5.73 Å². The lowest BCUT2D eigenvalue weighted by Crippen LogP contribution is -2.35. The molecule has 1 heterocycles. The Labute approximate surface area is 126 Å². The van der Waals surface area contributed by atoms with Gasteiger partial charge in [0.25, 0.3) is 0 Å². The fourth-order valence-corrected chi connectivity index (χ4v) is 4.00. The summed E-state index contributed by atoms with van der Waals surface area (Å²) < 4.78 is 11.4. The monoisotopic (exact) mass is 293 g/mol. The quantitative estimate of drug-likeness (QED) is 0.864. The molecule has 118 valence electrons. The highest BCUT2D eigenvalue weighted by Crippen LogP contribution is 2.42. The Morgan fingerprint density at radius 3 is 2.24 bits per heavy atom. The third-order valence-electron chi connectivity index (χ3n) is 5.54. The van der Waals surface area contributed by atoms with Crippen molar-refractivity contribution >= 4 is 0 Å². The number of methoxy groups -OCH3 is 1. The molecule has 2 aliphatic carbocycles. The van der Waals surface area contributed by atoms with Gasteiger partial charge in [0.15, 0.2) is 0 Å². The number of ether oxygens (including phenoxy) is 1. The lowest BCUT2D eigenvalue weighted by atomic mass is 9.80. The first-order valence-corrected chi connectivity index (χ1v) is 8.35. The number of rotatable bonds is 4. The molecular weight excluding hydrogens is 266 g/mol. The fraction of sp³-hybridized carbons (Fsp3) is 0.875. The molecule has 2 fully saturated rings. The van der Waals surface area contributed by atoms with Gasteiger partial charge in [0.2, 0.25) is 11.7 Å². The van der Waals surface area contributed by atoms with Crippen molar-refractivity contribution in [3.8, 4) is 0 Å². The summed E-state index contributed by atoms with van der Waals surface area (Å²) in [5.41, 5.74) is 5.66. The van der Waals surface area contributed by atoms with Gasteiger partial charge < -0.3 is 15.0 Å². The van der Waals surface area contributed by atoms with Crippen molar-refractivity contribution in [3.05, 3.63) is 11.7 Å². The van der Waals surface area contributed by atoms with Crippen molar-refractivity contribution in [2.75, 3.05) is 13.7 Å². The molecule has 0 atom stereocenters. The van der Waals surface area contributed by atoms with Crippen LogP contribution >= 0.6 is 0 Å². The minimum Gasteiger partial charge on any atom is -0.370 e. The first-order chi connectivity index (χ1) is 10.2. The Hall–Kier alpha value is -0.940. The lowest BCUT2D eigenvalue weighted by molar-refractivity contribution is -0.0178. The van der Waals surface area contributed by atoms with E-state index in [0.717, 1.165) is 37.4 Å². The molecule has 0 amide bonds. The minimum absolute atomic E-state index is 0.116. The normalized spacial score (nSPS) is 24.9. The summed E-state index contributed by atoms with van der Waals surface area (Å²) in [4.78, 5) is 4.76. The molecule has 0 aromatic carbocycles. The number of aromatic nitrogens is 2. The SMILES string of the molecule is COC1(c2noc(C3(CN)CCCCCC3)n2)CCCC1. The van der Waals surface area contributed by atoms with Gasteiger partial charge in [0.1, 0.15) is 5.60 Å². The molecular formula is C16H27N3O2. The highest BCUT2D eigenvalue weighted by atomic mass is 16.5. The molecule has 0 bridgehead atoms. The molecule has 5 nitrogen and oxygen atoms in total. The van der Waals surface area contributed by atoms with E-state index in [9.17, 15) is 0 Å². The summed E-state index contributed by atoms with van der Waals surface area (Å²) in [6, 6.07) is 0. The van der Waals surface area contributed by atoms with Crippen LogP contribution in [-0.2, 0) is 15.8 Å². The van der Waals surface area contributed by atoms with Crippen molar-refractivity contribution in [1.29, 1.82) is 0 Å². The maximum absolute atomic E-state index is 6.11. The Balaban J connectivity index is 1.89. The van der Waals surface area contributed by atoms with Gasteiger partial charge in [-0.2, -0.15) is 4.98 Å². The maximum Gasteiger partial charge on any atom is 0.234 e. The third kappa shape index (κ3) is 2.61. The predicted octanol–water partition coefficient (Wildman–Crippen LogP) is 3.04. The smallest absolute Gasteiger partial charge is 0.234 e. The summed E-state index contributed by atoms with van der Waals surface area (Å²) in [7, 11) is 1.76. The average Bonchev–Trinajstić information content (AvgIpc) is 3.13. The summed E-state index contributed by atoms with van der Waals surface area (Å²) in [5, 5.41) is 4.27. The van der Waals surface area contributed by atoms with Crippen molar-refractivity contribution in [2.45, 2.75) is 75.2 Å². The zero-order valence-corrected chi connectivity index (χ0v) is 13.1. The molecule has 2 N–H and O–H groups in total. The van der Waals surface area contributed by atoms with Crippen LogP contribution in [-0.4, -0.2) is 23.8 Å². The van der Waals surface area contributed by atoms with E-state index >= 15 is 0 Å². The highest BCUT2D eigenvalue weighted by Gasteiger charge is 2.43. The van der Waals surface area contributed by atoms with Gasteiger partial charge >= 0.3 is 0 Å². The zero-order valence-electron chi connectivity index (χ0n) is 13.1. The maximum atomic E-state index is 6.11. The molecule has 5 heteroatoms. The van der Waals surface area contributed by atoms with E-state index in [1.54, 1.807) is 7.11 Å². The second-order valence-corrected chi connectivity index (χ2v) is 6.73. The molecule has 2 aliphatic rings. The van der Waals surface area contributed by atoms with Crippen LogP contribution in [0.15, 0.2) is 4.52 Å². The second-order valence-electron chi connectivity index (χ2n) is 6.73. The van der Waals surface area contributed by atoms with E-state index in [1.807, 2.05) is 0 Å². The van der Waals surface area contributed by atoms with Crippen LogP contribution in [0, 0.1) is 0 Å². The predicted molar refractivity (Wildman–Crippen MR) is 79.9 cm³/mol. The van der Waals surface area contributed by atoms with Crippen LogP contribution in [0.3, 0.4) is 0 Å². The molecule has 0 saturated heterocycles. The van der Waals surface area contributed by atoms with Crippen molar-refractivity contribution < 1.29 is 9.26 Å². The number of nitrogens with zero attached hydrogens (tertiary/aromatic N) is 2. The minimum atomic E-state index is -0.331. The third-order valence-corrected chi connectivity index (χ3v) is 5.54. The summed E-state index contributed by atoms with van der Waals surface area (Å²) in [5.74, 6) is 1.47.